The van der Waals surface area contributed by atoms with E-state index in [1.165, 1.54) is 34.9 Å². The van der Waals surface area contributed by atoms with Gasteiger partial charge in [0.2, 0.25) is 0 Å². The molecule has 0 unspecified atom stereocenters. The molecule has 20 heavy (non-hydrogen) atoms. The first-order chi connectivity index (χ1) is 9.66. The Morgan fingerprint density at radius 3 is 2.75 bits per heavy atom. The molecule has 5 nitrogen and oxygen atoms in total. The van der Waals surface area contributed by atoms with Crippen molar-refractivity contribution in [3.8, 4) is 0 Å². The number of fused-ring (bicyclic) bond motifs is 1. The Hall–Kier alpha value is -2.89. The zero-order chi connectivity index (χ0) is 14.1. The van der Waals surface area contributed by atoms with Gasteiger partial charge < -0.3 is 10.3 Å². The largest absolute Gasteiger partial charge is 0.345 e. The standard InChI is InChI=1S/C14H10FN3O2/c15-9-4-1-2-5-10(9)17-14(20)11-8-16-12-6-3-7-13(19)18(11)12/h1-8,16H,(H,17,20). The average molecular weight is 271 g/mol. The average Bonchev–Trinajstić information content (AvgIpc) is 2.87. The van der Waals surface area contributed by atoms with Gasteiger partial charge in [-0.25, -0.2) is 4.39 Å². The van der Waals surface area contributed by atoms with Crippen LogP contribution < -0.4 is 10.9 Å². The number of halogens is 1. The number of hydrogen-bond acceptors (Lipinski definition) is 2. The second kappa shape index (κ2) is 4.65. The maximum Gasteiger partial charge on any atom is 0.274 e. The monoisotopic (exact) mass is 271 g/mol. The molecule has 1 aromatic carbocycles. The van der Waals surface area contributed by atoms with Crippen LogP contribution in [0.4, 0.5) is 10.1 Å². The number of pyridine rings is 1. The highest BCUT2D eigenvalue weighted by molar-refractivity contribution is 6.03. The van der Waals surface area contributed by atoms with Crippen LogP contribution in [0.25, 0.3) is 5.65 Å². The van der Waals surface area contributed by atoms with Gasteiger partial charge in [0, 0.05) is 12.3 Å². The highest BCUT2D eigenvalue weighted by atomic mass is 19.1. The van der Waals surface area contributed by atoms with E-state index >= 15 is 0 Å². The van der Waals surface area contributed by atoms with E-state index in [-0.39, 0.29) is 16.9 Å². The maximum absolute atomic E-state index is 13.5. The van der Waals surface area contributed by atoms with Crippen molar-refractivity contribution in [3.63, 3.8) is 0 Å². The number of hydrogen-bond donors (Lipinski definition) is 2. The van der Waals surface area contributed by atoms with E-state index in [0.29, 0.717) is 5.65 Å². The van der Waals surface area contributed by atoms with Crippen molar-refractivity contribution in [2.45, 2.75) is 0 Å². The zero-order valence-electron chi connectivity index (χ0n) is 10.3. The minimum Gasteiger partial charge on any atom is -0.345 e. The summed E-state index contributed by atoms with van der Waals surface area (Å²) < 4.78 is 14.7. The lowest BCUT2D eigenvalue weighted by Crippen LogP contribution is -2.21. The number of carbonyl (C=O) groups excluding carboxylic acids is 1. The molecule has 0 saturated carbocycles. The van der Waals surface area contributed by atoms with Crippen LogP contribution in [0.15, 0.2) is 53.5 Å². The molecule has 0 saturated heterocycles. The maximum atomic E-state index is 13.5. The van der Waals surface area contributed by atoms with E-state index in [9.17, 15) is 14.0 Å². The van der Waals surface area contributed by atoms with Gasteiger partial charge in [0.1, 0.15) is 17.2 Å². The van der Waals surface area contributed by atoms with Crippen molar-refractivity contribution in [2.75, 3.05) is 5.32 Å². The molecule has 0 bridgehead atoms. The van der Waals surface area contributed by atoms with E-state index < -0.39 is 11.7 Å². The molecule has 3 aromatic rings. The molecular formula is C14H10FN3O2. The van der Waals surface area contributed by atoms with Gasteiger partial charge in [-0.05, 0) is 18.2 Å². The summed E-state index contributed by atoms with van der Waals surface area (Å²) in [5.41, 5.74) is 0.350. The van der Waals surface area contributed by atoms with E-state index in [2.05, 4.69) is 10.3 Å². The molecule has 0 aliphatic carbocycles. The van der Waals surface area contributed by atoms with Crippen molar-refractivity contribution in [3.05, 3.63) is 70.5 Å². The predicted octanol–water partition coefficient (Wildman–Crippen LogP) is 2.02. The number of aromatic amines is 1. The van der Waals surface area contributed by atoms with Crippen molar-refractivity contribution >= 4 is 17.2 Å². The number of nitrogens with zero attached hydrogens (tertiary/aromatic N) is 1. The summed E-state index contributed by atoms with van der Waals surface area (Å²) in [6.45, 7) is 0. The lowest BCUT2D eigenvalue weighted by molar-refractivity contribution is 0.102. The molecule has 0 radical (unpaired) electrons. The molecule has 0 spiro atoms. The molecule has 0 aliphatic heterocycles. The zero-order valence-corrected chi connectivity index (χ0v) is 10.3. The first kappa shape index (κ1) is 12.2. The molecule has 2 aromatic heterocycles. The fourth-order valence-corrected chi connectivity index (χ4v) is 1.97. The van der Waals surface area contributed by atoms with Crippen LogP contribution in [0.1, 0.15) is 10.5 Å². The molecule has 1 amide bonds. The summed E-state index contributed by atoms with van der Waals surface area (Å²) >= 11 is 0. The third-order valence-electron chi connectivity index (χ3n) is 2.91. The van der Waals surface area contributed by atoms with Crippen LogP contribution >= 0.6 is 0 Å². The van der Waals surface area contributed by atoms with Crippen LogP contribution in [0, 0.1) is 5.82 Å². The number of amides is 1. The molecule has 2 N–H and O–H groups in total. The number of para-hydroxylation sites is 1. The Morgan fingerprint density at radius 2 is 1.95 bits per heavy atom. The molecule has 6 heteroatoms. The highest BCUT2D eigenvalue weighted by Gasteiger charge is 2.14. The summed E-state index contributed by atoms with van der Waals surface area (Å²) in [6, 6.07) is 10.4. The van der Waals surface area contributed by atoms with Crippen molar-refractivity contribution in [1.29, 1.82) is 0 Å². The van der Waals surface area contributed by atoms with Crippen LogP contribution in [-0.4, -0.2) is 15.3 Å². The lowest BCUT2D eigenvalue weighted by atomic mass is 10.3. The Bertz CT molecular complexity index is 851. The first-order valence-electron chi connectivity index (χ1n) is 5.92. The van der Waals surface area contributed by atoms with Crippen LogP contribution in [0.3, 0.4) is 0 Å². The van der Waals surface area contributed by atoms with Crippen molar-refractivity contribution < 1.29 is 9.18 Å². The van der Waals surface area contributed by atoms with E-state index in [4.69, 9.17) is 0 Å². The fraction of sp³-hybridized carbons (Fsp3) is 0. The van der Waals surface area contributed by atoms with Gasteiger partial charge >= 0.3 is 0 Å². The van der Waals surface area contributed by atoms with Gasteiger partial charge in [-0.2, -0.15) is 0 Å². The molecule has 100 valence electrons. The molecular weight excluding hydrogens is 261 g/mol. The molecule has 3 rings (SSSR count). The Morgan fingerprint density at radius 1 is 1.15 bits per heavy atom. The van der Waals surface area contributed by atoms with E-state index in [0.717, 1.165) is 0 Å². The molecule has 0 fully saturated rings. The van der Waals surface area contributed by atoms with Crippen molar-refractivity contribution in [2.24, 2.45) is 0 Å². The number of benzene rings is 1. The minimum absolute atomic E-state index is 0.0656. The number of aromatic nitrogens is 2. The minimum atomic E-state index is -0.561. The summed E-state index contributed by atoms with van der Waals surface area (Å²) in [4.78, 5) is 26.7. The quantitative estimate of drug-likeness (QED) is 0.748. The topological polar surface area (TPSA) is 66.4 Å². The number of rotatable bonds is 2. The summed E-state index contributed by atoms with van der Waals surface area (Å²) in [6.07, 6.45) is 1.41. The third-order valence-corrected chi connectivity index (χ3v) is 2.91. The van der Waals surface area contributed by atoms with Crippen molar-refractivity contribution in [1.82, 2.24) is 9.38 Å². The van der Waals surface area contributed by atoms with Crippen LogP contribution in [-0.2, 0) is 0 Å². The smallest absolute Gasteiger partial charge is 0.274 e. The van der Waals surface area contributed by atoms with Gasteiger partial charge in [-0.3, -0.25) is 14.0 Å². The fourth-order valence-electron chi connectivity index (χ4n) is 1.97. The summed E-state index contributed by atoms with van der Waals surface area (Å²) in [5, 5.41) is 2.44. The number of H-pyrrole nitrogens is 1. The molecule has 0 atom stereocenters. The predicted molar refractivity (Wildman–Crippen MR) is 72.4 cm³/mol. The third kappa shape index (κ3) is 1.97. The summed E-state index contributed by atoms with van der Waals surface area (Å²) in [7, 11) is 0. The van der Waals surface area contributed by atoms with Gasteiger partial charge in [-0.15, -0.1) is 0 Å². The number of anilines is 1. The normalized spacial score (nSPS) is 10.7. The SMILES string of the molecule is O=C(Nc1ccccc1F)c1c[nH]c2cccc(=O)n12. The van der Waals surface area contributed by atoms with E-state index in [1.807, 2.05) is 0 Å². The highest BCUT2D eigenvalue weighted by Crippen LogP contribution is 2.14. The Balaban J connectivity index is 2.02. The second-order valence-electron chi connectivity index (χ2n) is 4.19. The van der Waals surface area contributed by atoms with E-state index in [1.54, 1.807) is 18.2 Å². The number of imidazole rings is 1. The molecule has 2 heterocycles. The summed E-state index contributed by atoms with van der Waals surface area (Å²) in [5.74, 6) is -1.09. The van der Waals surface area contributed by atoms with Gasteiger partial charge in [0.25, 0.3) is 11.5 Å². The number of nitrogens with one attached hydrogen (secondary N) is 2. The van der Waals surface area contributed by atoms with Gasteiger partial charge in [-0.1, -0.05) is 18.2 Å². The Kier molecular flexibility index (Phi) is 2.83. The van der Waals surface area contributed by atoms with Crippen LogP contribution in [0.5, 0.6) is 0 Å². The van der Waals surface area contributed by atoms with Gasteiger partial charge in [0.15, 0.2) is 0 Å². The van der Waals surface area contributed by atoms with Crippen LogP contribution in [0.2, 0.25) is 0 Å². The molecule has 0 aliphatic rings. The Labute approximate surface area is 112 Å². The lowest BCUT2D eigenvalue weighted by Gasteiger charge is -2.05. The second-order valence-corrected chi connectivity index (χ2v) is 4.19. The van der Waals surface area contributed by atoms with Gasteiger partial charge in [0.05, 0.1) is 5.69 Å². The first-order valence-corrected chi connectivity index (χ1v) is 5.92. The number of carbonyl (C=O) groups is 1.